The molecule has 0 bridgehead atoms. The Bertz CT molecular complexity index is 737. The van der Waals surface area contributed by atoms with E-state index in [0.29, 0.717) is 22.6 Å². The summed E-state index contributed by atoms with van der Waals surface area (Å²) in [5.41, 5.74) is 3.73. The molecule has 1 aromatic heterocycles. The molecule has 2 rings (SSSR count). The molecule has 1 heterocycles. The Morgan fingerprint density at radius 1 is 1.29 bits per heavy atom. The van der Waals surface area contributed by atoms with E-state index in [2.05, 4.69) is 22.8 Å². The summed E-state index contributed by atoms with van der Waals surface area (Å²) in [7, 11) is 0. The summed E-state index contributed by atoms with van der Waals surface area (Å²) in [5, 5.41) is 3.16. The van der Waals surface area contributed by atoms with Crippen molar-refractivity contribution in [2.24, 2.45) is 0 Å². The Hall–Kier alpha value is -2.86. The third-order valence-corrected chi connectivity index (χ3v) is 3.07. The first-order valence-electron chi connectivity index (χ1n) is 6.52. The van der Waals surface area contributed by atoms with Crippen LogP contribution in [0.1, 0.15) is 35.3 Å². The molecule has 3 heteroatoms. The van der Waals surface area contributed by atoms with Crippen LogP contribution in [0.3, 0.4) is 0 Å². The van der Waals surface area contributed by atoms with E-state index < -0.39 is 0 Å². The summed E-state index contributed by atoms with van der Waals surface area (Å²) in [6.07, 6.45) is 6.91. The van der Waals surface area contributed by atoms with Gasteiger partial charge in [-0.15, -0.1) is 6.42 Å². The number of aromatic nitrogens is 1. The molecule has 2 aromatic rings. The van der Waals surface area contributed by atoms with Crippen LogP contribution >= 0.6 is 0 Å². The fraction of sp³-hybridized carbons (Fsp3) is 0.111. The SMILES string of the molecule is C#Cc1ccc(Nc2cccc(C(=C)C)c2C(C)=O)nc1. The van der Waals surface area contributed by atoms with E-state index in [9.17, 15) is 4.79 Å². The van der Waals surface area contributed by atoms with Crippen LogP contribution in [0.4, 0.5) is 11.5 Å². The fourth-order valence-electron chi connectivity index (χ4n) is 2.08. The van der Waals surface area contributed by atoms with Crippen molar-refractivity contribution in [2.45, 2.75) is 13.8 Å². The molecular formula is C18H16N2O. The molecule has 1 N–H and O–H groups in total. The largest absolute Gasteiger partial charge is 0.340 e. The van der Waals surface area contributed by atoms with Gasteiger partial charge in [-0.2, -0.15) is 0 Å². The van der Waals surface area contributed by atoms with Crippen LogP contribution < -0.4 is 5.32 Å². The minimum Gasteiger partial charge on any atom is -0.340 e. The number of benzene rings is 1. The van der Waals surface area contributed by atoms with Gasteiger partial charge in [-0.3, -0.25) is 4.79 Å². The molecule has 0 unspecified atom stereocenters. The van der Waals surface area contributed by atoms with Gasteiger partial charge in [0.2, 0.25) is 0 Å². The first kappa shape index (κ1) is 14.5. The molecule has 0 radical (unpaired) electrons. The van der Waals surface area contributed by atoms with Crippen molar-refractivity contribution < 1.29 is 4.79 Å². The number of anilines is 2. The quantitative estimate of drug-likeness (QED) is 0.677. The smallest absolute Gasteiger partial charge is 0.162 e. The van der Waals surface area contributed by atoms with Gasteiger partial charge in [0.25, 0.3) is 0 Å². The van der Waals surface area contributed by atoms with E-state index in [4.69, 9.17) is 6.42 Å². The minimum absolute atomic E-state index is 0.0173. The molecule has 0 amide bonds. The second-order valence-corrected chi connectivity index (χ2v) is 4.77. The van der Waals surface area contributed by atoms with Crippen molar-refractivity contribution in [3.8, 4) is 12.3 Å². The summed E-state index contributed by atoms with van der Waals surface area (Å²) >= 11 is 0. The van der Waals surface area contributed by atoms with Gasteiger partial charge < -0.3 is 5.32 Å². The number of hydrogen-bond donors (Lipinski definition) is 1. The summed E-state index contributed by atoms with van der Waals surface area (Å²) < 4.78 is 0. The number of rotatable bonds is 4. The summed E-state index contributed by atoms with van der Waals surface area (Å²) in [4.78, 5) is 16.2. The number of nitrogens with one attached hydrogen (secondary N) is 1. The highest BCUT2D eigenvalue weighted by molar-refractivity contribution is 6.04. The van der Waals surface area contributed by atoms with Crippen molar-refractivity contribution in [2.75, 3.05) is 5.32 Å². The van der Waals surface area contributed by atoms with Gasteiger partial charge in [-0.1, -0.05) is 30.2 Å². The lowest BCUT2D eigenvalue weighted by Crippen LogP contribution is -2.05. The standard InChI is InChI=1S/C18H16N2O/c1-5-14-9-10-17(19-11-14)20-16-8-6-7-15(12(2)3)18(16)13(4)21/h1,6-11H,2H2,3-4H3,(H,19,20). The van der Waals surface area contributed by atoms with Crippen molar-refractivity contribution in [1.82, 2.24) is 4.98 Å². The van der Waals surface area contributed by atoms with Gasteiger partial charge >= 0.3 is 0 Å². The second kappa shape index (κ2) is 6.06. The van der Waals surface area contributed by atoms with Crippen LogP contribution in [0.25, 0.3) is 5.57 Å². The van der Waals surface area contributed by atoms with Crippen LogP contribution in [-0.2, 0) is 0 Å². The zero-order valence-electron chi connectivity index (χ0n) is 12.1. The normalized spacial score (nSPS) is 9.76. The highest BCUT2D eigenvalue weighted by Gasteiger charge is 2.13. The van der Waals surface area contributed by atoms with Gasteiger partial charge in [0.1, 0.15) is 5.82 Å². The van der Waals surface area contributed by atoms with Crippen molar-refractivity contribution in [1.29, 1.82) is 0 Å². The predicted octanol–water partition coefficient (Wildman–Crippen LogP) is 4.04. The van der Waals surface area contributed by atoms with E-state index in [-0.39, 0.29) is 5.78 Å². The van der Waals surface area contributed by atoms with Crippen LogP contribution in [0, 0.1) is 12.3 Å². The number of carbonyl (C=O) groups is 1. The van der Waals surface area contributed by atoms with Crippen molar-refractivity contribution in [3.63, 3.8) is 0 Å². The molecule has 0 atom stereocenters. The lowest BCUT2D eigenvalue weighted by Gasteiger charge is -2.14. The lowest BCUT2D eigenvalue weighted by molar-refractivity contribution is 0.101. The number of terminal acetylenes is 1. The van der Waals surface area contributed by atoms with Crippen molar-refractivity contribution >= 4 is 22.9 Å². The van der Waals surface area contributed by atoms with E-state index in [1.54, 1.807) is 25.3 Å². The molecule has 1 aromatic carbocycles. The number of nitrogens with zero attached hydrogens (tertiary/aromatic N) is 1. The van der Waals surface area contributed by atoms with Gasteiger partial charge in [-0.25, -0.2) is 4.98 Å². The van der Waals surface area contributed by atoms with Gasteiger partial charge in [0.05, 0.1) is 5.69 Å². The topological polar surface area (TPSA) is 42.0 Å². The molecule has 0 fully saturated rings. The Kier molecular flexibility index (Phi) is 4.20. The Balaban J connectivity index is 2.44. The van der Waals surface area contributed by atoms with Crippen LogP contribution in [-0.4, -0.2) is 10.8 Å². The molecule has 0 spiro atoms. The monoisotopic (exact) mass is 276 g/mol. The zero-order chi connectivity index (χ0) is 15.4. The number of Topliss-reactive ketones (excluding diaryl/α,β-unsaturated/α-hetero) is 1. The molecular weight excluding hydrogens is 260 g/mol. The maximum absolute atomic E-state index is 12.0. The molecule has 0 saturated heterocycles. The number of ketones is 1. The maximum Gasteiger partial charge on any atom is 0.162 e. The first-order valence-corrected chi connectivity index (χ1v) is 6.52. The third kappa shape index (κ3) is 3.18. The van der Waals surface area contributed by atoms with Gasteiger partial charge in [0, 0.05) is 17.3 Å². The molecule has 104 valence electrons. The van der Waals surface area contributed by atoms with E-state index in [1.165, 1.54) is 0 Å². The lowest BCUT2D eigenvalue weighted by atomic mass is 9.97. The summed E-state index contributed by atoms with van der Waals surface area (Å²) in [6, 6.07) is 9.20. The second-order valence-electron chi connectivity index (χ2n) is 4.77. The Morgan fingerprint density at radius 3 is 2.57 bits per heavy atom. The van der Waals surface area contributed by atoms with Crippen molar-refractivity contribution in [3.05, 3.63) is 59.8 Å². The fourth-order valence-corrected chi connectivity index (χ4v) is 2.08. The third-order valence-electron chi connectivity index (χ3n) is 3.07. The Labute approximate surface area is 124 Å². The number of hydrogen-bond acceptors (Lipinski definition) is 3. The van der Waals surface area contributed by atoms with Crippen LogP contribution in [0.5, 0.6) is 0 Å². The molecule has 0 saturated carbocycles. The van der Waals surface area contributed by atoms with Crippen LogP contribution in [0.2, 0.25) is 0 Å². The number of pyridine rings is 1. The average molecular weight is 276 g/mol. The minimum atomic E-state index is -0.0173. The summed E-state index contributed by atoms with van der Waals surface area (Å²) in [6.45, 7) is 7.35. The van der Waals surface area contributed by atoms with E-state index in [1.807, 2.05) is 25.1 Å². The highest BCUT2D eigenvalue weighted by Crippen LogP contribution is 2.27. The molecule has 0 aliphatic carbocycles. The molecule has 21 heavy (non-hydrogen) atoms. The predicted molar refractivity (Wildman–Crippen MR) is 86.6 cm³/mol. The van der Waals surface area contributed by atoms with E-state index >= 15 is 0 Å². The average Bonchev–Trinajstić information content (AvgIpc) is 2.47. The first-order chi connectivity index (χ1) is 10.0. The highest BCUT2D eigenvalue weighted by atomic mass is 16.1. The van der Waals surface area contributed by atoms with Crippen LogP contribution in [0.15, 0.2) is 43.1 Å². The zero-order valence-corrected chi connectivity index (χ0v) is 12.1. The number of carbonyl (C=O) groups excluding carboxylic acids is 1. The molecule has 3 nitrogen and oxygen atoms in total. The maximum atomic E-state index is 12.0. The number of allylic oxidation sites excluding steroid dienone is 1. The Morgan fingerprint density at radius 2 is 2.05 bits per heavy atom. The van der Waals surface area contributed by atoms with E-state index in [0.717, 1.165) is 11.1 Å². The molecule has 0 aliphatic rings. The van der Waals surface area contributed by atoms with Gasteiger partial charge in [-0.05, 0) is 37.6 Å². The van der Waals surface area contributed by atoms with Gasteiger partial charge in [0.15, 0.2) is 5.78 Å². The summed E-state index contributed by atoms with van der Waals surface area (Å²) in [5.74, 6) is 3.13. The molecule has 0 aliphatic heterocycles.